The molecule has 9 heteroatoms. The molecule has 0 bridgehead atoms. The fourth-order valence-corrected chi connectivity index (χ4v) is 6.61. The van der Waals surface area contributed by atoms with E-state index in [1.54, 1.807) is 28.8 Å². The minimum Gasteiger partial charge on any atom is -0.485 e. The van der Waals surface area contributed by atoms with E-state index >= 15 is 0 Å². The summed E-state index contributed by atoms with van der Waals surface area (Å²) in [6, 6.07) is 8.14. The second-order valence-corrected chi connectivity index (χ2v) is 10.9. The van der Waals surface area contributed by atoms with Crippen LogP contribution in [0.3, 0.4) is 0 Å². The molecule has 5 rings (SSSR count). The normalized spacial score (nSPS) is 21.5. The molecule has 8 nitrogen and oxygen atoms in total. The van der Waals surface area contributed by atoms with Crippen LogP contribution in [0.25, 0.3) is 0 Å². The topological polar surface area (TPSA) is 89.3 Å². The standard InChI is InChI=1S/C24H30N2O6S/c27-24(25-12-4-1-5-13-25)23-17-31-22-15-20(10-11-21(22)32-23)33(28,29)26(18-7-2-3-8-18)16-19-9-6-14-30-19/h6,9-11,14-15,18,23H,1-5,7-8,12-13,16-17H2. The zero-order valence-corrected chi connectivity index (χ0v) is 19.5. The smallest absolute Gasteiger partial charge is 0.267 e. The van der Waals surface area contributed by atoms with Crippen molar-refractivity contribution in [2.24, 2.45) is 0 Å². The van der Waals surface area contributed by atoms with Gasteiger partial charge in [-0.2, -0.15) is 4.31 Å². The van der Waals surface area contributed by atoms with E-state index in [4.69, 9.17) is 13.9 Å². The molecule has 0 radical (unpaired) electrons. The minimum absolute atomic E-state index is 0.0557. The van der Waals surface area contributed by atoms with Crippen LogP contribution in [-0.4, -0.2) is 55.4 Å². The van der Waals surface area contributed by atoms with E-state index in [-0.39, 0.29) is 30.0 Å². The molecule has 3 heterocycles. The van der Waals surface area contributed by atoms with Crippen molar-refractivity contribution in [1.82, 2.24) is 9.21 Å². The first kappa shape index (κ1) is 22.3. The van der Waals surface area contributed by atoms with Gasteiger partial charge in [-0.05, 0) is 56.4 Å². The Morgan fingerprint density at radius 1 is 1.03 bits per heavy atom. The third-order valence-electron chi connectivity index (χ3n) is 6.75. The molecule has 1 saturated carbocycles. The number of piperidine rings is 1. The van der Waals surface area contributed by atoms with Crippen molar-refractivity contribution in [2.45, 2.75) is 68.5 Å². The van der Waals surface area contributed by atoms with E-state index in [0.717, 1.165) is 58.0 Å². The van der Waals surface area contributed by atoms with Gasteiger partial charge in [-0.15, -0.1) is 0 Å². The van der Waals surface area contributed by atoms with Gasteiger partial charge in [0.1, 0.15) is 12.4 Å². The molecule has 178 valence electrons. The van der Waals surface area contributed by atoms with Crippen LogP contribution >= 0.6 is 0 Å². The summed E-state index contributed by atoms with van der Waals surface area (Å²) < 4.78 is 46.0. The number of nitrogens with zero attached hydrogens (tertiary/aromatic N) is 2. The predicted octanol–water partition coefficient (Wildman–Crippen LogP) is 3.57. The van der Waals surface area contributed by atoms with E-state index in [2.05, 4.69) is 0 Å². The maximum Gasteiger partial charge on any atom is 0.267 e. The second kappa shape index (κ2) is 9.38. The van der Waals surface area contributed by atoms with Gasteiger partial charge in [-0.3, -0.25) is 4.79 Å². The molecule has 1 atom stereocenters. The van der Waals surface area contributed by atoms with Gasteiger partial charge in [0.2, 0.25) is 16.1 Å². The first-order valence-electron chi connectivity index (χ1n) is 11.8. The fraction of sp³-hybridized carbons (Fsp3) is 0.542. The summed E-state index contributed by atoms with van der Waals surface area (Å²) in [6.07, 6.45) is 7.72. The van der Waals surface area contributed by atoms with Gasteiger partial charge >= 0.3 is 0 Å². The molecule has 1 saturated heterocycles. The summed E-state index contributed by atoms with van der Waals surface area (Å²) >= 11 is 0. The number of benzene rings is 1. The maximum absolute atomic E-state index is 13.6. The number of amides is 1. The molecular formula is C24H30N2O6S. The Hall–Kier alpha value is -2.52. The molecule has 33 heavy (non-hydrogen) atoms. The summed E-state index contributed by atoms with van der Waals surface area (Å²) in [5, 5.41) is 0. The number of ether oxygens (including phenoxy) is 2. The number of fused-ring (bicyclic) bond motifs is 1. The number of carbonyl (C=O) groups excluding carboxylic acids is 1. The Bertz CT molecular complexity index is 1070. The lowest BCUT2D eigenvalue weighted by Gasteiger charge is -2.33. The van der Waals surface area contributed by atoms with Crippen molar-refractivity contribution in [3.05, 3.63) is 42.4 Å². The predicted molar refractivity (Wildman–Crippen MR) is 120 cm³/mol. The van der Waals surface area contributed by atoms with Crippen molar-refractivity contribution in [1.29, 1.82) is 0 Å². The van der Waals surface area contributed by atoms with Gasteiger partial charge in [0.15, 0.2) is 11.5 Å². The van der Waals surface area contributed by atoms with Crippen LogP contribution in [0.5, 0.6) is 11.5 Å². The Morgan fingerprint density at radius 3 is 2.55 bits per heavy atom. The van der Waals surface area contributed by atoms with Crippen LogP contribution in [0.2, 0.25) is 0 Å². The van der Waals surface area contributed by atoms with E-state index in [1.165, 1.54) is 12.1 Å². The van der Waals surface area contributed by atoms with E-state index in [1.807, 2.05) is 4.90 Å². The Balaban J connectivity index is 1.35. The van der Waals surface area contributed by atoms with Crippen LogP contribution in [0.1, 0.15) is 50.7 Å². The molecule has 1 aliphatic carbocycles. The van der Waals surface area contributed by atoms with Crippen LogP contribution in [0.4, 0.5) is 0 Å². The molecule has 1 aromatic heterocycles. The van der Waals surface area contributed by atoms with E-state index < -0.39 is 16.1 Å². The lowest BCUT2D eigenvalue weighted by Crippen LogP contribution is -2.48. The highest BCUT2D eigenvalue weighted by atomic mass is 32.2. The zero-order chi connectivity index (χ0) is 22.8. The van der Waals surface area contributed by atoms with Gasteiger partial charge in [0, 0.05) is 25.2 Å². The number of likely N-dealkylation sites (tertiary alicyclic amines) is 1. The lowest BCUT2D eigenvalue weighted by molar-refractivity contribution is -0.142. The van der Waals surface area contributed by atoms with Crippen molar-refractivity contribution in [2.75, 3.05) is 19.7 Å². The van der Waals surface area contributed by atoms with Gasteiger partial charge in [-0.25, -0.2) is 8.42 Å². The monoisotopic (exact) mass is 474 g/mol. The van der Waals surface area contributed by atoms with Crippen molar-refractivity contribution >= 4 is 15.9 Å². The molecule has 2 aromatic rings. The van der Waals surface area contributed by atoms with Crippen molar-refractivity contribution < 1.29 is 27.1 Å². The molecule has 3 aliphatic rings. The summed E-state index contributed by atoms with van der Waals surface area (Å²) in [5.41, 5.74) is 0. The number of sulfonamides is 1. The highest BCUT2D eigenvalue weighted by Gasteiger charge is 2.36. The summed E-state index contributed by atoms with van der Waals surface area (Å²) in [7, 11) is -3.78. The summed E-state index contributed by atoms with van der Waals surface area (Å²) in [4.78, 5) is 14.8. The molecule has 2 aliphatic heterocycles. The molecule has 1 amide bonds. The largest absolute Gasteiger partial charge is 0.485 e. The molecule has 2 fully saturated rings. The molecular weight excluding hydrogens is 444 g/mol. The molecule has 1 aromatic carbocycles. The zero-order valence-electron chi connectivity index (χ0n) is 18.6. The highest BCUT2D eigenvalue weighted by Crippen LogP contribution is 2.37. The number of hydrogen-bond donors (Lipinski definition) is 0. The van der Waals surface area contributed by atoms with Crippen LogP contribution in [0, 0.1) is 0 Å². The lowest BCUT2D eigenvalue weighted by atomic mass is 10.1. The van der Waals surface area contributed by atoms with Crippen molar-refractivity contribution in [3.8, 4) is 11.5 Å². The summed E-state index contributed by atoms with van der Waals surface area (Å²) in [6.45, 7) is 1.76. The van der Waals surface area contributed by atoms with Crippen LogP contribution in [-0.2, 0) is 21.4 Å². The van der Waals surface area contributed by atoms with Gasteiger partial charge in [0.05, 0.1) is 17.7 Å². The van der Waals surface area contributed by atoms with Crippen LogP contribution in [0.15, 0.2) is 45.9 Å². The Morgan fingerprint density at radius 2 is 1.82 bits per heavy atom. The highest BCUT2D eigenvalue weighted by molar-refractivity contribution is 7.89. The average molecular weight is 475 g/mol. The van der Waals surface area contributed by atoms with E-state index in [9.17, 15) is 13.2 Å². The molecule has 0 spiro atoms. The van der Waals surface area contributed by atoms with Gasteiger partial charge in [0.25, 0.3) is 5.91 Å². The SMILES string of the molecule is O=C(C1COc2cc(S(=O)(=O)N(Cc3ccco3)C3CCCC3)ccc2O1)N1CCCCC1. The first-order valence-corrected chi connectivity index (χ1v) is 13.2. The number of carbonyl (C=O) groups is 1. The summed E-state index contributed by atoms with van der Waals surface area (Å²) in [5.74, 6) is 1.29. The van der Waals surface area contributed by atoms with Gasteiger partial charge < -0.3 is 18.8 Å². The quantitative estimate of drug-likeness (QED) is 0.636. The molecule has 0 N–H and O–H groups in total. The minimum atomic E-state index is -3.78. The second-order valence-electron chi connectivity index (χ2n) is 8.98. The fourth-order valence-electron chi connectivity index (χ4n) is 4.95. The Kier molecular flexibility index (Phi) is 6.34. The van der Waals surface area contributed by atoms with Crippen LogP contribution < -0.4 is 9.47 Å². The number of furan rings is 1. The van der Waals surface area contributed by atoms with Crippen molar-refractivity contribution in [3.63, 3.8) is 0 Å². The van der Waals surface area contributed by atoms with Gasteiger partial charge in [-0.1, -0.05) is 12.8 Å². The third kappa shape index (κ3) is 4.61. The van der Waals surface area contributed by atoms with E-state index in [0.29, 0.717) is 17.3 Å². The molecule has 1 unspecified atom stereocenters. The average Bonchev–Trinajstić information content (AvgIpc) is 3.56. The number of rotatable bonds is 6. The maximum atomic E-state index is 13.6. The first-order chi connectivity index (χ1) is 16.0. The number of hydrogen-bond acceptors (Lipinski definition) is 6. The Labute approximate surface area is 194 Å². The third-order valence-corrected chi connectivity index (χ3v) is 8.64.